The van der Waals surface area contributed by atoms with Crippen LogP contribution in [0, 0.1) is 0 Å². The highest BCUT2D eigenvalue weighted by atomic mass is 35.5. The van der Waals surface area contributed by atoms with Crippen LogP contribution in [0.1, 0.15) is 17.4 Å². The first-order valence-electron chi connectivity index (χ1n) is 8.21. The zero-order chi connectivity index (χ0) is 20.1. The fraction of sp³-hybridized carbons (Fsp3) is 0.105. The summed E-state index contributed by atoms with van der Waals surface area (Å²) in [7, 11) is 0. The third kappa shape index (κ3) is 5.03. The van der Waals surface area contributed by atoms with E-state index in [-0.39, 0.29) is 24.2 Å². The molecule has 1 heterocycles. The predicted octanol–water partition coefficient (Wildman–Crippen LogP) is 4.44. The summed E-state index contributed by atoms with van der Waals surface area (Å²) in [5.74, 6) is -0.184. The number of para-hydroxylation sites is 1. The number of rotatable bonds is 6. The Morgan fingerprint density at radius 1 is 1.00 bits per heavy atom. The second kappa shape index (κ2) is 8.77. The topological polar surface area (TPSA) is 85.2 Å². The van der Waals surface area contributed by atoms with Gasteiger partial charge in [-0.25, -0.2) is 4.68 Å². The fourth-order valence-corrected chi connectivity index (χ4v) is 2.85. The van der Waals surface area contributed by atoms with Crippen molar-refractivity contribution in [2.24, 2.45) is 0 Å². The fourth-order valence-electron chi connectivity index (χ4n) is 2.34. The highest BCUT2D eigenvalue weighted by Gasteiger charge is 2.11. The number of nitrogens with zero attached hydrogens (tertiary/aromatic N) is 2. The van der Waals surface area contributed by atoms with Gasteiger partial charge in [0, 0.05) is 24.5 Å². The van der Waals surface area contributed by atoms with Crippen molar-refractivity contribution < 1.29 is 14.3 Å². The first kappa shape index (κ1) is 19.7. The molecule has 0 atom stereocenters. The third-order valence-electron chi connectivity index (χ3n) is 3.60. The molecule has 3 aromatic rings. The largest absolute Gasteiger partial charge is 0.468 e. The van der Waals surface area contributed by atoms with E-state index in [4.69, 9.17) is 27.9 Å². The summed E-state index contributed by atoms with van der Waals surface area (Å²) in [6.07, 6.45) is 1.61. The van der Waals surface area contributed by atoms with Crippen LogP contribution >= 0.6 is 23.2 Å². The maximum Gasteiger partial charge on any atom is 0.276 e. The van der Waals surface area contributed by atoms with Gasteiger partial charge in [0.2, 0.25) is 5.91 Å². The molecule has 28 heavy (non-hydrogen) atoms. The molecule has 0 radical (unpaired) electrons. The Morgan fingerprint density at radius 3 is 2.21 bits per heavy atom. The summed E-state index contributed by atoms with van der Waals surface area (Å²) < 4.78 is 7.03. The van der Waals surface area contributed by atoms with Gasteiger partial charge in [-0.1, -0.05) is 29.3 Å². The second-order valence-electron chi connectivity index (χ2n) is 5.78. The summed E-state index contributed by atoms with van der Waals surface area (Å²) in [4.78, 5) is 23.4. The minimum atomic E-state index is -0.373. The van der Waals surface area contributed by atoms with Gasteiger partial charge in [0.05, 0.1) is 10.0 Å². The van der Waals surface area contributed by atoms with Gasteiger partial charge in [0.15, 0.2) is 18.2 Å². The summed E-state index contributed by atoms with van der Waals surface area (Å²) in [5, 5.41) is 10.3. The van der Waals surface area contributed by atoms with Gasteiger partial charge in [-0.15, -0.1) is 0 Å². The van der Waals surface area contributed by atoms with E-state index in [2.05, 4.69) is 15.7 Å². The van der Waals surface area contributed by atoms with Gasteiger partial charge >= 0.3 is 0 Å². The number of hydrogen-bond acceptors (Lipinski definition) is 4. The normalized spacial score (nSPS) is 10.4. The molecule has 2 aromatic carbocycles. The van der Waals surface area contributed by atoms with Gasteiger partial charge in [0.25, 0.3) is 5.91 Å². The molecule has 2 N–H and O–H groups in total. The molecule has 0 aliphatic carbocycles. The van der Waals surface area contributed by atoms with Crippen LogP contribution < -0.4 is 15.4 Å². The molecule has 3 rings (SSSR count). The number of carbonyl (C=O) groups excluding carboxylic acids is 2. The van der Waals surface area contributed by atoms with Crippen molar-refractivity contribution >= 4 is 46.4 Å². The summed E-state index contributed by atoms with van der Waals surface area (Å²) in [6, 6.07) is 13.4. The van der Waals surface area contributed by atoms with Crippen LogP contribution in [0.3, 0.4) is 0 Å². The lowest BCUT2D eigenvalue weighted by Crippen LogP contribution is -2.14. The standard InChI is InChI=1S/C19H16Cl2N4O3/c1-12(26)22-13-5-7-14(8-6-13)23-19(27)17-9-10-25(24-17)11-28-18-15(20)3-2-4-16(18)21/h2-10H,11H2,1H3,(H,22,26)(H,23,27). The number of aromatic nitrogens is 2. The molecule has 2 amide bonds. The van der Waals surface area contributed by atoms with E-state index >= 15 is 0 Å². The van der Waals surface area contributed by atoms with Crippen molar-refractivity contribution in [3.63, 3.8) is 0 Å². The predicted molar refractivity (Wildman–Crippen MR) is 108 cm³/mol. The summed E-state index contributed by atoms with van der Waals surface area (Å²) in [5.41, 5.74) is 1.44. The number of halogens is 2. The molecule has 0 fully saturated rings. The molecule has 7 nitrogen and oxygen atoms in total. The zero-order valence-electron chi connectivity index (χ0n) is 14.8. The highest BCUT2D eigenvalue weighted by Crippen LogP contribution is 2.32. The Labute approximate surface area is 171 Å². The van der Waals surface area contributed by atoms with Crippen molar-refractivity contribution in [2.45, 2.75) is 13.7 Å². The molecule has 0 saturated heterocycles. The Balaban J connectivity index is 1.60. The first-order valence-corrected chi connectivity index (χ1v) is 8.97. The summed E-state index contributed by atoms with van der Waals surface area (Å²) in [6.45, 7) is 1.47. The number of benzene rings is 2. The van der Waals surface area contributed by atoms with E-state index < -0.39 is 0 Å². The summed E-state index contributed by atoms with van der Waals surface area (Å²) >= 11 is 12.1. The van der Waals surface area contributed by atoms with Gasteiger partial charge in [0.1, 0.15) is 0 Å². The van der Waals surface area contributed by atoms with Crippen LogP contribution in [0.25, 0.3) is 0 Å². The average Bonchev–Trinajstić information content (AvgIpc) is 3.12. The molecule has 0 aliphatic rings. The second-order valence-corrected chi connectivity index (χ2v) is 6.59. The van der Waals surface area contributed by atoms with Gasteiger partial charge in [-0.05, 0) is 42.5 Å². The molecule has 0 saturated carbocycles. The number of carbonyl (C=O) groups is 2. The molecule has 1 aromatic heterocycles. The molecular weight excluding hydrogens is 403 g/mol. The smallest absolute Gasteiger partial charge is 0.276 e. The SMILES string of the molecule is CC(=O)Nc1ccc(NC(=O)c2ccn(COc3c(Cl)cccc3Cl)n2)cc1. The Morgan fingerprint density at radius 2 is 1.61 bits per heavy atom. The van der Waals surface area contributed by atoms with Gasteiger partial charge in [-0.3, -0.25) is 9.59 Å². The molecule has 144 valence electrons. The van der Waals surface area contributed by atoms with Crippen LogP contribution in [0.15, 0.2) is 54.7 Å². The van der Waals surface area contributed by atoms with Crippen LogP contribution in [0.2, 0.25) is 10.0 Å². The molecule has 9 heteroatoms. The van der Waals surface area contributed by atoms with E-state index in [0.29, 0.717) is 27.2 Å². The molecule has 0 aliphatic heterocycles. The highest BCUT2D eigenvalue weighted by molar-refractivity contribution is 6.37. The van der Waals surface area contributed by atoms with Crippen molar-refractivity contribution in [1.29, 1.82) is 0 Å². The van der Waals surface area contributed by atoms with Crippen LogP contribution in [0.4, 0.5) is 11.4 Å². The lowest BCUT2D eigenvalue weighted by atomic mass is 10.2. The molecule has 0 unspecified atom stereocenters. The number of anilines is 2. The van der Waals surface area contributed by atoms with Crippen LogP contribution in [-0.2, 0) is 11.5 Å². The van der Waals surface area contributed by atoms with Gasteiger partial charge in [-0.2, -0.15) is 5.10 Å². The van der Waals surface area contributed by atoms with E-state index in [1.807, 2.05) is 0 Å². The van der Waals surface area contributed by atoms with Crippen LogP contribution in [0.5, 0.6) is 5.75 Å². The lowest BCUT2D eigenvalue weighted by molar-refractivity contribution is -0.114. The number of nitrogens with one attached hydrogen (secondary N) is 2. The van der Waals surface area contributed by atoms with Crippen molar-refractivity contribution in [1.82, 2.24) is 9.78 Å². The van der Waals surface area contributed by atoms with Crippen LogP contribution in [-0.4, -0.2) is 21.6 Å². The minimum Gasteiger partial charge on any atom is -0.468 e. The van der Waals surface area contributed by atoms with Crippen molar-refractivity contribution in [3.8, 4) is 5.75 Å². The minimum absolute atomic E-state index is 0.0438. The number of amides is 2. The van der Waals surface area contributed by atoms with E-state index in [1.165, 1.54) is 11.6 Å². The maximum atomic E-state index is 12.3. The van der Waals surface area contributed by atoms with Gasteiger partial charge < -0.3 is 15.4 Å². The molecule has 0 spiro atoms. The lowest BCUT2D eigenvalue weighted by Gasteiger charge is -2.09. The van der Waals surface area contributed by atoms with Crippen molar-refractivity contribution in [2.75, 3.05) is 10.6 Å². The quantitative estimate of drug-likeness (QED) is 0.619. The number of ether oxygens (including phenoxy) is 1. The first-order chi connectivity index (χ1) is 13.4. The molecule has 0 bridgehead atoms. The molecular formula is C19H16Cl2N4O3. The Hall–Kier alpha value is -3.03. The van der Waals surface area contributed by atoms with E-state index in [0.717, 1.165) is 0 Å². The Bertz CT molecular complexity index is 982. The third-order valence-corrected chi connectivity index (χ3v) is 4.19. The maximum absolute atomic E-state index is 12.3. The average molecular weight is 419 g/mol. The zero-order valence-corrected chi connectivity index (χ0v) is 16.3. The monoisotopic (exact) mass is 418 g/mol. The van der Waals surface area contributed by atoms with E-state index in [1.54, 1.807) is 54.7 Å². The Kier molecular flexibility index (Phi) is 6.18. The van der Waals surface area contributed by atoms with Crippen molar-refractivity contribution in [3.05, 3.63) is 70.5 Å². The van der Waals surface area contributed by atoms with E-state index in [9.17, 15) is 9.59 Å². The number of hydrogen-bond donors (Lipinski definition) is 2.